The maximum atomic E-state index is 12.9. The van der Waals surface area contributed by atoms with E-state index in [0.29, 0.717) is 10.6 Å². The second-order valence-electron chi connectivity index (χ2n) is 6.92. The standard InChI is InChI=1S/C18H23NO5S/c1-4-24-18(23)12-8(2)9(3)25-16(12)19-15(20)13-10-5-6-11(7-10)14(13)17(21)22/h10-11,13-14H,4-7H2,1-3H3,(H,19,20)(H,21,22)/t10-,11-,13+,14-/m0/s1. The van der Waals surface area contributed by atoms with Gasteiger partial charge in [0.05, 0.1) is 24.0 Å². The van der Waals surface area contributed by atoms with Crippen molar-refractivity contribution in [1.29, 1.82) is 0 Å². The van der Waals surface area contributed by atoms with Gasteiger partial charge in [0.2, 0.25) is 5.91 Å². The molecule has 6 nitrogen and oxygen atoms in total. The van der Waals surface area contributed by atoms with Crippen LogP contribution >= 0.6 is 11.3 Å². The van der Waals surface area contributed by atoms with Crippen LogP contribution in [-0.4, -0.2) is 29.6 Å². The SMILES string of the molecule is CCOC(=O)c1c(NC(=O)[C@@H]2[C@H]3CC[C@@H](C3)[C@@H]2C(=O)O)sc(C)c1C. The number of carbonyl (C=O) groups is 3. The molecule has 7 heteroatoms. The smallest absolute Gasteiger partial charge is 0.341 e. The first kappa shape index (κ1) is 17.9. The molecule has 0 aromatic carbocycles. The zero-order valence-electron chi connectivity index (χ0n) is 14.6. The number of carbonyl (C=O) groups excluding carboxylic acids is 2. The van der Waals surface area contributed by atoms with Crippen LogP contribution in [0.4, 0.5) is 5.00 Å². The maximum Gasteiger partial charge on any atom is 0.341 e. The molecule has 2 bridgehead atoms. The Morgan fingerprint density at radius 3 is 2.44 bits per heavy atom. The van der Waals surface area contributed by atoms with Gasteiger partial charge in [-0.2, -0.15) is 0 Å². The Balaban J connectivity index is 1.85. The number of hydrogen-bond donors (Lipinski definition) is 2. The molecule has 2 saturated carbocycles. The van der Waals surface area contributed by atoms with Gasteiger partial charge in [-0.3, -0.25) is 9.59 Å². The lowest BCUT2D eigenvalue weighted by Crippen LogP contribution is -2.38. The first-order valence-electron chi connectivity index (χ1n) is 8.65. The lowest BCUT2D eigenvalue weighted by Gasteiger charge is -2.26. The number of ether oxygens (including phenoxy) is 1. The number of carboxylic acid groups (broad SMARTS) is 1. The Hall–Kier alpha value is -1.89. The third-order valence-corrected chi connectivity index (χ3v) is 6.73. The molecule has 25 heavy (non-hydrogen) atoms. The van der Waals surface area contributed by atoms with Crippen LogP contribution in [0.5, 0.6) is 0 Å². The average molecular weight is 365 g/mol. The van der Waals surface area contributed by atoms with Gasteiger partial charge in [0.25, 0.3) is 0 Å². The summed E-state index contributed by atoms with van der Waals surface area (Å²) in [5, 5.41) is 12.8. The van der Waals surface area contributed by atoms with E-state index in [-0.39, 0.29) is 24.3 Å². The van der Waals surface area contributed by atoms with Crippen molar-refractivity contribution in [2.45, 2.75) is 40.0 Å². The van der Waals surface area contributed by atoms with E-state index in [9.17, 15) is 19.5 Å². The van der Waals surface area contributed by atoms with Crippen molar-refractivity contribution in [3.63, 3.8) is 0 Å². The molecule has 0 radical (unpaired) electrons. The molecule has 0 unspecified atom stereocenters. The molecular formula is C18H23NO5S. The number of aliphatic carboxylic acids is 1. The quantitative estimate of drug-likeness (QED) is 0.782. The van der Waals surface area contributed by atoms with Gasteiger partial charge in [-0.05, 0) is 57.4 Å². The molecular weight excluding hydrogens is 342 g/mol. The summed E-state index contributed by atoms with van der Waals surface area (Å²) in [6.07, 6.45) is 2.60. The molecule has 3 rings (SSSR count). The summed E-state index contributed by atoms with van der Waals surface area (Å²) in [5.74, 6) is -2.56. The molecule has 1 heterocycles. The first-order chi connectivity index (χ1) is 11.8. The second kappa shape index (κ2) is 6.78. The van der Waals surface area contributed by atoms with Gasteiger partial charge in [0, 0.05) is 4.88 Å². The zero-order chi connectivity index (χ0) is 18.3. The van der Waals surface area contributed by atoms with E-state index in [0.717, 1.165) is 29.7 Å². The van der Waals surface area contributed by atoms with Crippen molar-refractivity contribution in [2.24, 2.45) is 23.7 Å². The van der Waals surface area contributed by atoms with Crippen LogP contribution < -0.4 is 5.32 Å². The maximum absolute atomic E-state index is 12.9. The number of rotatable bonds is 5. The first-order valence-corrected chi connectivity index (χ1v) is 9.47. The van der Waals surface area contributed by atoms with Crippen molar-refractivity contribution in [2.75, 3.05) is 11.9 Å². The Morgan fingerprint density at radius 2 is 1.84 bits per heavy atom. The fraction of sp³-hybridized carbons (Fsp3) is 0.611. The van der Waals surface area contributed by atoms with Crippen molar-refractivity contribution in [3.8, 4) is 0 Å². The van der Waals surface area contributed by atoms with E-state index < -0.39 is 23.8 Å². The van der Waals surface area contributed by atoms with Crippen molar-refractivity contribution in [1.82, 2.24) is 0 Å². The molecule has 0 aliphatic heterocycles. The van der Waals surface area contributed by atoms with E-state index in [4.69, 9.17) is 4.74 Å². The van der Waals surface area contributed by atoms with Crippen molar-refractivity contribution < 1.29 is 24.2 Å². The van der Waals surface area contributed by atoms with Crippen molar-refractivity contribution in [3.05, 3.63) is 16.0 Å². The number of anilines is 1. The lowest BCUT2D eigenvalue weighted by atomic mass is 9.79. The number of thiophene rings is 1. The monoisotopic (exact) mass is 365 g/mol. The van der Waals surface area contributed by atoms with Crippen LogP contribution in [0, 0.1) is 37.5 Å². The van der Waals surface area contributed by atoms with Gasteiger partial charge < -0.3 is 15.2 Å². The van der Waals surface area contributed by atoms with Crippen LogP contribution in [-0.2, 0) is 14.3 Å². The van der Waals surface area contributed by atoms with Gasteiger partial charge in [-0.25, -0.2) is 4.79 Å². The number of hydrogen-bond acceptors (Lipinski definition) is 5. The highest BCUT2D eigenvalue weighted by Gasteiger charge is 2.54. The summed E-state index contributed by atoms with van der Waals surface area (Å²) in [5.41, 5.74) is 1.18. The largest absolute Gasteiger partial charge is 0.481 e. The molecule has 2 fully saturated rings. The van der Waals surface area contributed by atoms with Gasteiger partial charge in [0.15, 0.2) is 0 Å². The Kier molecular flexibility index (Phi) is 4.86. The van der Waals surface area contributed by atoms with Gasteiger partial charge in [-0.1, -0.05) is 0 Å². The minimum Gasteiger partial charge on any atom is -0.481 e. The molecule has 2 aliphatic rings. The Labute approximate surface area is 150 Å². The number of nitrogens with one attached hydrogen (secondary N) is 1. The van der Waals surface area contributed by atoms with E-state index in [1.165, 1.54) is 11.3 Å². The number of carboxylic acids is 1. The summed E-state index contributed by atoms with van der Waals surface area (Å²) < 4.78 is 5.10. The fourth-order valence-corrected chi connectivity index (χ4v) is 5.43. The average Bonchev–Trinajstić information content (AvgIpc) is 3.21. The van der Waals surface area contributed by atoms with Crippen LogP contribution in [0.1, 0.15) is 47.0 Å². The van der Waals surface area contributed by atoms with E-state index in [1.807, 2.05) is 13.8 Å². The number of aryl methyl sites for hydroxylation is 1. The van der Waals surface area contributed by atoms with Crippen LogP contribution in [0.2, 0.25) is 0 Å². The lowest BCUT2D eigenvalue weighted by molar-refractivity contribution is -0.148. The third-order valence-electron chi connectivity index (χ3n) is 5.61. The summed E-state index contributed by atoms with van der Waals surface area (Å²) in [7, 11) is 0. The molecule has 1 amide bonds. The molecule has 1 aromatic heterocycles. The van der Waals surface area contributed by atoms with Crippen LogP contribution in [0.3, 0.4) is 0 Å². The van der Waals surface area contributed by atoms with Crippen LogP contribution in [0.15, 0.2) is 0 Å². The second-order valence-corrected chi connectivity index (χ2v) is 8.14. The highest BCUT2D eigenvalue weighted by atomic mass is 32.1. The number of fused-ring (bicyclic) bond motifs is 2. The molecule has 0 saturated heterocycles. The number of amides is 1. The third kappa shape index (κ3) is 3.05. The summed E-state index contributed by atoms with van der Waals surface area (Å²) in [6.45, 7) is 5.70. The van der Waals surface area contributed by atoms with Gasteiger partial charge in [0.1, 0.15) is 5.00 Å². The molecule has 4 atom stereocenters. The predicted octanol–water partition coefficient (Wildman–Crippen LogP) is 3.23. The van der Waals surface area contributed by atoms with Crippen LogP contribution in [0.25, 0.3) is 0 Å². The normalized spacial score (nSPS) is 27.3. The molecule has 1 aromatic rings. The minimum atomic E-state index is -0.892. The zero-order valence-corrected chi connectivity index (χ0v) is 15.4. The molecule has 0 spiro atoms. The summed E-state index contributed by atoms with van der Waals surface area (Å²) in [6, 6.07) is 0. The molecule has 136 valence electrons. The highest BCUT2D eigenvalue weighted by Crippen LogP contribution is 2.52. The Bertz CT molecular complexity index is 725. The minimum absolute atomic E-state index is 0.0922. The predicted molar refractivity (Wildman–Crippen MR) is 93.8 cm³/mol. The van der Waals surface area contributed by atoms with E-state index in [1.54, 1.807) is 6.92 Å². The Morgan fingerprint density at radius 1 is 1.20 bits per heavy atom. The van der Waals surface area contributed by atoms with Gasteiger partial charge in [-0.15, -0.1) is 11.3 Å². The van der Waals surface area contributed by atoms with E-state index in [2.05, 4.69) is 5.32 Å². The number of esters is 1. The van der Waals surface area contributed by atoms with E-state index >= 15 is 0 Å². The van der Waals surface area contributed by atoms with Crippen molar-refractivity contribution >= 4 is 34.2 Å². The molecule has 2 aliphatic carbocycles. The summed E-state index contributed by atoms with van der Waals surface area (Å²) >= 11 is 1.33. The topological polar surface area (TPSA) is 92.7 Å². The fourth-order valence-electron chi connectivity index (χ4n) is 4.38. The molecule has 2 N–H and O–H groups in total. The summed E-state index contributed by atoms with van der Waals surface area (Å²) in [4.78, 5) is 37.7. The van der Waals surface area contributed by atoms with Gasteiger partial charge >= 0.3 is 11.9 Å². The highest BCUT2D eigenvalue weighted by molar-refractivity contribution is 7.16.